The minimum Gasteiger partial charge on any atom is -0.395 e. The topological polar surface area (TPSA) is 32.7 Å². The highest BCUT2D eigenvalue weighted by Crippen LogP contribution is 2.07. The predicted octanol–water partition coefficient (Wildman–Crippen LogP) is 1.51. The maximum atomic E-state index is 8.95. The number of aliphatic hydroxyl groups is 1. The summed E-state index contributed by atoms with van der Waals surface area (Å²) in [7, 11) is 0. The van der Waals surface area contributed by atoms with E-state index >= 15 is 0 Å². The third kappa shape index (κ3) is 5.58. The molecule has 0 saturated heterocycles. The highest BCUT2D eigenvalue weighted by molar-refractivity contribution is 4.68. The molecule has 0 aliphatic carbocycles. The van der Waals surface area contributed by atoms with Crippen LogP contribution in [0.5, 0.6) is 0 Å². The lowest BCUT2D eigenvalue weighted by Gasteiger charge is -2.29. The van der Waals surface area contributed by atoms with Crippen LogP contribution in [-0.2, 0) is 4.74 Å². The van der Waals surface area contributed by atoms with Gasteiger partial charge in [0.25, 0.3) is 0 Å². The molecule has 0 aromatic heterocycles. The number of rotatable bonds is 9. The van der Waals surface area contributed by atoms with Crippen molar-refractivity contribution in [1.29, 1.82) is 0 Å². The molecule has 0 aromatic rings. The Morgan fingerprint density at radius 2 is 1.79 bits per heavy atom. The first-order valence-corrected chi connectivity index (χ1v) is 5.72. The molecule has 3 nitrogen and oxygen atoms in total. The fourth-order valence-electron chi connectivity index (χ4n) is 1.74. The Balaban J connectivity index is 3.85. The Hall–Kier alpha value is -0.120. The van der Waals surface area contributed by atoms with Crippen molar-refractivity contribution in [3.63, 3.8) is 0 Å². The summed E-state index contributed by atoms with van der Waals surface area (Å²) >= 11 is 0. The van der Waals surface area contributed by atoms with Crippen LogP contribution in [0.1, 0.15) is 33.6 Å². The third-order valence-electron chi connectivity index (χ3n) is 2.57. The fraction of sp³-hybridized carbons (Fsp3) is 1.00. The molecule has 0 spiro atoms. The van der Waals surface area contributed by atoms with Crippen LogP contribution in [0, 0.1) is 0 Å². The van der Waals surface area contributed by atoms with Crippen LogP contribution in [0.2, 0.25) is 0 Å². The van der Waals surface area contributed by atoms with Gasteiger partial charge in [0.15, 0.2) is 0 Å². The molecule has 0 rings (SSSR count). The highest BCUT2D eigenvalue weighted by atomic mass is 16.5. The molecule has 0 aliphatic heterocycles. The third-order valence-corrected chi connectivity index (χ3v) is 2.57. The van der Waals surface area contributed by atoms with E-state index in [1.165, 1.54) is 0 Å². The number of hydrogen-bond donors (Lipinski definition) is 1. The van der Waals surface area contributed by atoms with E-state index in [9.17, 15) is 0 Å². The molecule has 0 radical (unpaired) electrons. The van der Waals surface area contributed by atoms with Gasteiger partial charge in [0.05, 0.1) is 13.2 Å². The Labute approximate surface area is 88.1 Å². The van der Waals surface area contributed by atoms with Gasteiger partial charge in [-0.2, -0.15) is 0 Å². The van der Waals surface area contributed by atoms with E-state index in [2.05, 4.69) is 18.7 Å². The van der Waals surface area contributed by atoms with Crippen molar-refractivity contribution < 1.29 is 9.84 Å². The van der Waals surface area contributed by atoms with Crippen LogP contribution in [0.4, 0.5) is 0 Å². The summed E-state index contributed by atoms with van der Waals surface area (Å²) in [6.45, 7) is 9.87. The zero-order valence-electron chi connectivity index (χ0n) is 9.83. The van der Waals surface area contributed by atoms with Gasteiger partial charge in [0, 0.05) is 25.7 Å². The molecule has 14 heavy (non-hydrogen) atoms. The van der Waals surface area contributed by atoms with Crippen molar-refractivity contribution in [3.05, 3.63) is 0 Å². The van der Waals surface area contributed by atoms with Gasteiger partial charge in [0.2, 0.25) is 0 Å². The monoisotopic (exact) mass is 203 g/mol. The van der Waals surface area contributed by atoms with Gasteiger partial charge in [0.1, 0.15) is 0 Å². The van der Waals surface area contributed by atoms with Gasteiger partial charge in [-0.05, 0) is 19.8 Å². The van der Waals surface area contributed by atoms with E-state index in [4.69, 9.17) is 9.84 Å². The molecular formula is C11H25NO2. The van der Waals surface area contributed by atoms with Gasteiger partial charge < -0.3 is 9.84 Å². The van der Waals surface area contributed by atoms with Crippen LogP contribution in [0.3, 0.4) is 0 Å². The summed E-state index contributed by atoms with van der Waals surface area (Å²) in [4.78, 5) is 2.32. The average molecular weight is 203 g/mol. The maximum absolute atomic E-state index is 8.95. The highest BCUT2D eigenvalue weighted by Gasteiger charge is 2.13. The summed E-state index contributed by atoms with van der Waals surface area (Å²) in [5.41, 5.74) is 0. The van der Waals surface area contributed by atoms with Gasteiger partial charge >= 0.3 is 0 Å². The second-order valence-corrected chi connectivity index (χ2v) is 3.43. The average Bonchev–Trinajstić information content (AvgIpc) is 2.20. The molecule has 0 aromatic carbocycles. The molecule has 0 atom stereocenters. The Bertz CT molecular complexity index is 116. The van der Waals surface area contributed by atoms with Crippen LogP contribution in [0.15, 0.2) is 0 Å². The van der Waals surface area contributed by atoms with Crippen molar-refractivity contribution in [2.24, 2.45) is 0 Å². The summed E-state index contributed by atoms with van der Waals surface area (Å²) in [6.07, 6.45) is 2.28. The minimum atomic E-state index is 0.239. The van der Waals surface area contributed by atoms with Crippen molar-refractivity contribution >= 4 is 0 Å². The lowest BCUT2D eigenvalue weighted by molar-refractivity contribution is 0.0794. The van der Waals surface area contributed by atoms with Gasteiger partial charge in [-0.15, -0.1) is 0 Å². The van der Waals surface area contributed by atoms with Crippen molar-refractivity contribution in [3.8, 4) is 0 Å². The summed E-state index contributed by atoms with van der Waals surface area (Å²) < 4.78 is 5.33. The lowest BCUT2D eigenvalue weighted by Crippen LogP contribution is -2.39. The van der Waals surface area contributed by atoms with E-state index < -0.39 is 0 Å². The molecule has 0 unspecified atom stereocenters. The first-order valence-electron chi connectivity index (χ1n) is 5.72. The number of ether oxygens (including phenoxy) is 1. The maximum Gasteiger partial charge on any atom is 0.0593 e. The Morgan fingerprint density at radius 1 is 1.14 bits per heavy atom. The van der Waals surface area contributed by atoms with E-state index in [1.807, 2.05) is 6.92 Å². The lowest BCUT2D eigenvalue weighted by atomic mass is 10.1. The van der Waals surface area contributed by atoms with Crippen LogP contribution < -0.4 is 0 Å². The predicted molar refractivity (Wildman–Crippen MR) is 59.5 cm³/mol. The Kier molecular flexibility index (Phi) is 9.35. The molecule has 0 amide bonds. The molecular weight excluding hydrogens is 178 g/mol. The molecule has 0 aliphatic rings. The summed E-state index contributed by atoms with van der Waals surface area (Å²) in [5.74, 6) is 0. The van der Waals surface area contributed by atoms with E-state index in [0.717, 1.165) is 39.1 Å². The molecule has 0 saturated carbocycles. The molecule has 86 valence electrons. The smallest absolute Gasteiger partial charge is 0.0593 e. The summed E-state index contributed by atoms with van der Waals surface area (Å²) in [5, 5.41) is 8.95. The van der Waals surface area contributed by atoms with E-state index in [1.54, 1.807) is 0 Å². The molecule has 0 heterocycles. The SMILES string of the molecule is CCOCCN(CCO)C(CC)CC. The van der Waals surface area contributed by atoms with Crippen LogP contribution >= 0.6 is 0 Å². The molecule has 0 bridgehead atoms. The standard InChI is InChI=1S/C11H25NO2/c1-4-11(5-2)12(7-9-13)8-10-14-6-3/h11,13H,4-10H2,1-3H3. The number of hydrogen-bond acceptors (Lipinski definition) is 3. The zero-order chi connectivity index (χ0) is 10.8. The first-order chi connectivity index (χ1) is 6.79. The van der Waals surface area contributed by atoms with E-state index in [-0.39, 0.29) is 6.61 Å². The van der Waals surface area contributed by atoms with Crippen molar-refractivity contribution in [1.82, 2.24) is 4.90 Å². The molecule has 0 fully saturated rings. The second-order valence-electron chi connectivity index (χ2n) is 3.43. The normalized spacial score (nSPS) is 11.6. The molecule has 1 N–H and O–H groups in total. The quantitative estimate of drug-likeness (QED) is 0.577. The largest absolute Gasteiger partial charge is 0.395 e. The number of aliphatic hydroxyl groups excluding tert-OH is 1. The van der Waals surface area contributed by atoms with Gasteiger partial charge in [-0.25, -0.2) is 0 Å². The van der Waals surface area contributed by atoms with Gasteiger partial charge in [-0.3, -0.25) is 4.90 Å². The molecule has 3 heteroatoms. The van der Waals surface area contributed by atoms with Gasteiger partial charge in [-0.1, -0.05) is 13.8 Å². The van der Waals surface area contributed by atoms with Crippen LogP contribution in [0.25, 0.3) is 0 Å². The van der Waals surface area contributed by atoms with Crippen molar-refractivity contribution in [2.45, 2.75) is 39.7 Å². The van der Waals surface area contributed by atoms with Crippen molar-refractivity contribution in [2.75, 3.05) is 32.9 Å². The fourth-order valence-corrected chi connectivity index (χ4v) is 1.74. The summed E-state index contributed by atoms with van der Waals surface area (Å²) in [6, 6.07) is 0.586. The Morgan fingerprint density at radius 3 is 2.21 bits per heavy atom. The zero-order valence-corrected chi connectivity index (χ0v) is 9.83. The first kappa shape index (κ1) is 13.9. The second kappa shape index (κ2) is 9.44. The number of nitrogens with zero attached hydrogens (tertiary/aromatic N) is 1. The van der Waals surface area contributed by atoms with Crippen LogP contribution in [-0.4, -0.2) is 49.0 Å². The van der Waals surface area contributed by atoms with E-state index in [0.29, 0.717) is 6.04 Å². The minimum absolute atomic E-state index is 0.239.